The first-order valence-electron chi connectivity index (χ1n) is 7.67. The SMILES string of the molecule is COc1cccc(-n2cnnc2SCC(=O)N[C@@H](C)c2ccco2)c1. The molecule has 0 saturated carbocycles. The molecule has 0 unspecified atom stereocenters. The number of hydrogen-bond donors (Lipinski definition) is 1. The summed E-state index contributed by atoms with van der Waals surface area (Å²) in [6.45, 7) is 1.88. The Morgan fingerprint density at radius 3 is 3.04 bits per heavy atom. The van der Waals surface area contributed by atoms with Crippen molar-refractivity contribution >= 4 is 17.7 Å². The molecule has 2 aromatic heterocycles. The Morgan fingerprint density at radius 1 is 1.40 bits per heavy atom. The Morgan fingerprint density at radius 2 is 2.28 bits per heavy atom. The van der Waals surface area contributed by atoms with Gasteiger partial charge in [0.1, 0.15) is 17.8 Å². The van der Waals surface area contributed by atoms with Crippen LogP contribution in [0.15, 0.2) is 58.6 Å². The van der Waals surface area contributed by atoms with Gasteiger partial charge in [-0.25, -0.2) is 0 Å². The first kappa shape index (κ1) is 17.1. The van der Waals surface area contributed by atoms with E-state index in [9.17, 15) is 4.79 Å². The van der Waals surface area contributed by atoms with Gasteiger partial charge in [0.05, 0.1) is 30.9 Å². The molecule has 130 valence electrons. The first-order chi connectivity index (χ1) is 12.2. The normalized spacial score (nSPS) is 11.9. The van der Waals surface area contributed by atoms with Gasteiger partial charge in [-0.05, 0) is 31.2 Å². The fraction of sp³-hybridized carbons (Fsp3) is 0.235. The Balaban J connectivity index is 1.62. The van der Waals surface area contributed by atoms with E-state index in [2.05, 4.69) is 15.5 Å². The van der Waals surface area contributed by atoms with Crippen molar-refractivity contribution in [3.63, 3.8) is 0 Å². The van der Waals surface area contributed by atoms with Crippen LogP contribution in [0.2, 0.25) is 0 Å². The van der Waals surface area contributed by atoms with Gasteiger partial charge in [-0.2, -0.15) is 0 Å². The van der Waals surface area contributed by atoms with Crippen LogP contribution < -0.4 is 10.1 Å². The van der Waals surface area contributed by atoms with Crippen LogP contribution in [-0.2, 0) is 4.79 Å². The smallest absolute Gasteiger partial charge is 0.231 e. The maximum atomic E-state index is 12.1. The Kier molecular flexibility index (Phi) is 5.39. The van der Waals surface area contributed by atoms with Crippen LogP contribution in [0.3, 0.4) is 0 Å². The minimum absolute atomic E-state index is 0.103. The maximum absolute atomic E-state index is 12.1. The lowest BCUT2D eigenvalue weighted by molar-refractivity contribution is -0.119. The molecule has 0 spiro atoms. The number of carbonyl (C=O) groups excluding carboxylic acids is 1. The van der Waals surface area contributed by atoms with Crippen LogP contribution in [0, 0.1) is 0 Å². The largest absolute Gasteiger partial charge is 0.497 e. The molecule has 25 heavy (non-hydrogen) atoms. The summed E-state index contributed by atoms with van der Waals surface area (Å²) in [4.78, 5) is 12.1. The Labute approximate surface area is 149 Å². The second-order valence-corrected chi connectivity index (χ2v) is 6.22. The van der Waals surface area contributed by atoms with E-state index in [-0.39, 0.29) is 17.7 Å². The number of amides is 1. The molecule has 8 heteroatoms. The van der Waals surface area contributed by atoms with Crippen molar-refractivity contribution in [2.75, 3.05) is 12.9 Å². The Hall–Kier alpha value is -2.74. The van der Waals surface area contributed by atoms with E-state index in [1.807, 2.05) is 41.8 Å². The Bertz CT molecular complexity index is 832. The summed E-state index contributed by atoms with van der Waals surface area (Å²) in [5, 5.41) is 11.5. The standard InChI is InChI=1S/C17H18N4O3S/c1-12(15-7-4-8-24-15)19-16(22)10-25-17-20-18-11-21(17)13-5-3-6-14(9-13)23-2/h3-9,11-12H,10H2,1-2H3,(H,19,22)/t12-/m0/s1. The molecule has 0 aliphatic rings. The molecule has 1 amide bonds. The number of ether oxygens (including phenoxy) is 1. The highest BCUT2D eigenvalue weighted by Crippen LogP contribution is 2.22. The molecule has 2 heterocycles. The highest BCUT2D eigenvalue weighted by atomic mass is 32.2. The zero-order valence-corrected chi connectivity index (χ0v) is 14.7. The lowest BCUT2D eigenvalue weighted by Gasteiger charge is -2.11. The molecule has 0 radical (unpaired) electrons. The summed E-state index contributed by atoms with van der Waals surface area (Å²) in [5.41, 5.74) is 0.871. The summed E-state index contributed by atoms with van der Waals surface area (Å²) in [7, 11) is 1.62. The molecule has 3 rings (SSSR count). The number of furan rings is 1. The number of benzene rings is 1. The minimum Gasteiger partial charge on any atom is -0.497 e. The summed E-state index contributed by atoms with van der Waals surface area (Å²) >= 11 is 1.32. The zero-order valence-electron chi connectivity index (χ0n) is 13.9. The van der Waals surface area contributed by atoms with Gasteiger partial charge < -0.3 is 14.5 Å². The molecule has 0 aliphatic carbocycles. The van der Waals surface area contributed by atoms with Crippen molar-refractivity contribution in [2.45, 2.75) is 18.1 Å². The first-order valence-corrected chi connectivity index (χ1v) is 8.66. The van der Waals surface area contributed by atoms with Crippen LogP contribution in [0.25, 0.3) is 5.69 Å². The number of aromatic nitrogens is 3. The summed E-state index contributed by atoms with van der Waals surface area (Å²) in [6.07, 6.45) is 3.20. The lowest BCUT2D eigenvalue weighted by atomic mass is 10.2. The van der Waals surface area contributed by atoms with E-state index in [0.29, 0.717) is 5.16 Å². The van der Waals surface area contributed by atoms with Crippen LogP contribution in [0.5, 0.6) is 5.75 Å². The third kappa shape index (κ3) is 4.21. The van der Waals surface area contributed by atoms with E-state index in [4.69, 9.17) is 9.15 Å². The molecule has 1 N–H and O–H groups in total. The van der Waals surface area contributed by atoms with Gasteiger partial charge >= 0.3 is 0 Å². The number of rotatable bonds is 7. The number of carbonyl (C=O) groups is 1. The maximum Gasteiger partial charge on any atom is 0.231 e. The van der Waals surface area contributed by atoms with Crippen molar-refractivity contribution < 1.29 is 13.9 Å². The second-order valence-electron chi connectivity index (χ2n) is 5.28. The second kappa shape index (κ2) is 7.89. The number of nitrogens with one attached hydrogen (secondary N) is 1. The average Bonchev–Trinajstić information content (AvgIpc) is 3.31. The number of hydrogen-bond acceptors (Lipinski definition) is 6. The van der Waals surface area contributed by atoms with Gasteiger partial charge in [-0.15, -0.1) is 10.2 Å². The highest BCUT2D eigenvalue weighted by molar-refractivity contribution is 7.99. The van der Waals surface area contributed by atoms with E-state index in [1.165, 1.54) is 11.8 Å². The molecule has 0 saturated heterocycles. The third-order valence-corrected chi connectivity index (χ3v) is 4.47. The fourth-order valence-electron chi connectivity index (χ4n) is 2.28. The van der Waals surface area contributed by atoms with Crippen molar-refractivity contribution in [3.8, 4) is 11.4 Å². The van der Waals surface area contributed by atoms with Gasteiger partial charge in [0.2, 0.25) is 5.91 Å². The fourth-order valence-corrected chi connectivity index (χ4v) is 3.02. The van der Waals surface area contributed by atoms with Gasteiger partial charge in [-0.3, -0.25) is 9.36 Å². The highest BCUT2D eigenvalue weighted by Gasteiger charge is 2.14. The zero-order chi connectivity index (χ0) is 17.6. The topological polar surface area (TPSA) is 82.2 Å². The van der Waals surface area contributed by atoms with Crippen LogP contribution in [0.4, 0.5) is 0 Å². The van der Waals surface area contributed by atoms with Gasteiger partial charge in [0, 0.05) is 6.07 Å². The van der Waals surface area contributed by atoms with Crippen LogP contribution in [0.1, 0.15) is 18.7 Å². The van der Waals surface area contributed by atoms with Crippen molar-refractivity contribution in [1.82, 2.24) is 20.1 Å². The molecule has 7 nitrogen and oxygen atoms in total. The van der Waals surface area contributed by atoms with Gasteiger partial charge in [-0.1, -0.05) is 17.8 Å². The van der Waals surface area contributed by atoms with Crippen molar-refractivity contribution in [1.29, 1.82) is 0 Å². The monoisotopic (exact) mass is 358 g/mol. The van der Waals surface area contributed by atoms with E-state index >= 15 is 0 Å². The number of thioether (sulfide) groups is 1. The molecular formula is C17H18N4O3S. The van der Waals surface area contributed by atoms with E-state index in [1.54, 1.807) is 25.8 Å². The number of nitrogens with zero attached hydrogens (tertiary/aromatic N) is 3. The molecule has 0 bridgehead atoms. The average molecular weight is 358 g/mol. The quantitative estimate of drug-likeness (QED) is 0.654. The van der Waals surface area contributed by atoms with Crippen LogP contribution in [-0.4, -0.2) is 33.5 Å². The van der Waals surface area contributed by atoms with E-state index in [0.717, 1.165) is 17.2 Å². The molecular weight excluding hydrogens is 340 g/mol. The predicted molar refractivity (Wildman–Crippen MR) is 93.9 cm³/mol. The molecule has 0 fully saturated rings. The summed E-state index contributed by atoms with van der Waals surface area (Å²) < 4.78 is 12.3. The lowest BCUT2D eigenvalue weighted by Crippen LogP contribution is -2.28. The van der Waals surface area contributed by atoms with Crippen molar-refractivity contribution in [3.05, 3.63) is 54.7 Å². The van der Waals surface area contributed by atoms with Crippen LogP contribution >= 0.6 is 11.8 Å². The van der Waals surface area contributed by atoms with Crippen molar-refractivity contribution in [2.24, 2.45) is 0 Å². The van der Waals surface area contributed by atoms with Gasteiger partial charge in [0.25, 0.3) is 0 Å². The summed E-state index contributed by atoms with van der Waals surface area (Å²) in [6, 6.07) is 11.0. The summed E-state index contributed by atoms with van der Waals surface area (Å²) in [5.74, 6) is 1.59. The molecule has 0 aliphatic heterocycles. The molecule has 1 aromatic carbocycles. The third-order valence-electron chi connectivity index (χ3n) is 3.53. The van der Waals surface area contributed by atoms with Gasteiger partial charge in [0.15, 0.2) is 5.16 Å². The minimum atomic E-state index is -0.181. The number of methoxy groups -OCH3 is 1. The predicted octanol–water partition coefficient (Wildman–Crippen LogP) is 2.84. The molecule has 3 aromatic rings. The van der Waals surface area contributed by atoms with E-state index < -0.39 is 0 Å². The molecule has 1 atom stereocenters.